The maximum Gasteiger partial charge on any atom is 0.138 e. The number of ketones is 2. The van der Waals surface area contributed by atoms with Gasteiger partial charge in [-0.25, -0.2) is 0 Å². The number of Topliss-reactive ketones (excluding diaryl/α,β-unsaturated/α-hetero) is 2. The Morgan fingerprint density at radius 1 is 0.645 bits per heavy atom. The van der Waals surface area contributed by atoms with Gasteiger partial charge in [0.1, 0.15) is 11.6 Å². The molecule has 188 valence electrons. The monoisotopic (exact) mass is 526 g/mol. The zero-order valence-corrected chi connectivity index (χ0v) is 24.4. The molecule has 2 atom stereocenters. The van der Waals surface area contributed by atoms with Crippen molar-refractivity contribution in [3.05, 3.63) is 0 Å². The van der Waals surface area contributed by atoms with Gasteiger partial charge in [-0.2, -0.15) is 0 Å². The molecule has 0 aliphatic carbocycles. The van der Waals surface area contributed by atoms with Gasteiger partial charge in [0.05, 0.1) is 24.4 Å². The molecule has 6 nitrogen and oxygen atoms in total. The maximum atomic E-state index is 11.0. The van der Waals surface area contributed by atoms with Gasteiger partial charge in [-0.15, -0.1) is 0 Å². The van der Waals surface area contributed by atoms with Gasteiger partial charge in [-0.05, 0) is 67.2 Å². The van der Waals surface area contributed by atoms with E-state index in [1.54, 1.807) is 41.5 Å². The van der Waals surface area contributed by atoms with Gasteiger partial charge in [-0.3, -0.25) is 9.59 Å². The van der Waals surface area contributed by atoms with E-state index in [-0.39, 0.29) is 62.8 Å². The van der Waals surface area contributed by atoms with E-state index in [1.165, 1.54) is 0 Å². The Hall–Kier alpha value is 0.0631. The quantitative estimate of drug-likeness (QED) is 0.337. The Labute approximate surface area is 211 Å². The molecule has 0 aromatic carbocycles. The van der Waals surface area contributed by atoms with E-state index in [0.717, 1.165) is 25.7 Å². The average Bonchev–Trinajstić information content (AvgIpc) is 2.55. The Bertz CT molecular complexity index is 342. The zero-order chi connectivity index (χ0) is 25.0. The van der Waals surface area contributed by atoms with Crippen molar-refractivity contribution >= 4 is 11.6 Å². The summed E-state index contributed by atoms with van der Waals surface area (Å²) in [5.74, 6) is 0.180. The van der Waals surface area contributed by atoms with Crippen LogP contribution in [-0.2, 0) is 35.8 Å². The summed E-state index contributed by atoms with van der Waals surface area (Å²) in [6, 6.07) is 0. The SMILES string of the molecule is CC(C)(C)O.CC(C)(C)O.CCCC(=O)C(CC)CO.CCCC(=O)C(CC)CO.[Zr]. The summed E-state index contributed by atoms with van der Waals surface area (Å²) >= 11 is 0. The van der Waals surface area contributed by atoms with E-state index in [1.807, 2.05) is 27.7 Å². The second-order valence-electron chi connectivity index (χ2n) is 9.35. The molecular formula is C24H52O6Zr. The third kappa shape index (κ3) is 48.6. The van der Waals surface area contributed by atoms with E-state index in [0.29, 0.717) is 12.8 Å². The number of carbonyl (C=O) groups is 2. The Morgan fingerprint density at radius 2 is 0.839 bits per heavy atom. The zero-order valence-electron chi connectivity index (χ0n) is 21.9. The van der Waals surface area contributed by atoms with Crippen molar-refractivity contribution in [1.29, 1.82) is 0 Å². The van der Waals surface area contributed by atoms with Gasteiger partial charge in [0.15, 0.2) is 0 Å². The Morgan fingerprint density at radius 3 is 0.935 bits per heavy atom. The predicted octanol–water partition coefficient (Wildman–Crippen LogP) is 4.30. The number of hydrogen-bond acceptors (Lipinski definition) is 6. The van der Waals surface area contributed by atoms with Crippen LogP contribution in [0.2, 0.25) is 0 Å². The first kappa shape index (κ1) is 41.3. The Kier molecular flexibility index (Phi) is 32.9. The van der Waals surface area contributed by atoms with Gasteiger partial charge in [0, 0.05) is 50.9 Å². The third-order valence-electron chi connectivity index (χ3n) is 3.33. The van der Waals surface area contributed by atoms with Crippen LogP contribution in [0.25, 0.3) is 0 Å². The van der Waals surface area contributed by atoms with Crippen LogP contribution in [0.3, 0.4) is 0 Å². The second kappa shape index (κ2) is 24.7. The van der Waals surface area contributed by atoms with Crippen LogP contribution in [0.4, 0.5) is 0 Å². The van der Waals surface area contributed by atoms with Crippen LogP contribution >= 0.6 is 0 Å². The number of hydrogen-bond donors (Lipinski definition) is 4. The molecular weight excluding hydrogens is 475 g/mol. The number of aliphatic hydroxyl groups is 4. The largest absolute Gasteiger partial charge is 0.396 e. The molecule has 0 aliphatic heterocycles. The van der Waals surface area contributed by atoms with E-state index in [2.05, 4.69) is 0 Å². The fourth-order valence-corrected chi connectivity index (χ4v) is 1.82. The van der Waals surface area contributed by atoms with Crippen molar-refractivity contribution < 1.29 is 56.2 Å². The Balaban J connectivity index is -0.000000101. The van der Waals surface area contributed by atoms with Gasteiger partial charge in [0.25, 0.3) is 0 Å². The molecule has 0 bridgehead atoms. The fourth-order valence-electron chi connectivity index (χ4n) is 1.82. The van der Waals surface area contributed by atoms with Crippen molar-refractivity contribution in [3.8, 4) is 0 Å². The first-order valence-electron chi connectivity index (χ1n) is 11.2. The molecule has 0 spiro atoms. The normalized spacial score (nSPS) is 12.3. The summed E-state index contributed by atoms with van der Waals surface area (Å²) in [5.41, 5.74) is -1.00. The fraction of sp³-hybridized carbons (Fsp3) is 0.917. The molecule has 0 amide bonds. The van der Waals surface area contributed by atoms with Gasteiger partial charge < -0.3 is 20.4 Å². The molecule has 0 radical (unpaired) electrons. The molecule has 0 aromatic rings. The predicted molar refractivity (Wildman–Crippen MR) is 126 cm³/mol. The number of carbonyl (C=O) groups excluding carboxylic acids is 2. The smallest absolute Gasteiger partial charge is 0.138 e. The van der Waals surface area contributed by atoms with Crippen molar-refractivity contribution in [1.82, 2.24) is 0 Å². The van der Waals surface area contributed by atoms with Gasteiger partial charge in [0.2, 0.25) is 0 Å². The van der Waals surface area contributed by atoms with Crippen LogP contribution in [0, 0.1) is 11.8 Å². The molecule has 0 aromatic heterocycles. The van der Waals surface area contributed by atoms with Crippen molar-refractivity contribution in [2.75, 3.05) is 13.2 Å². The molecule has 7 heteroatoms. The van der Waals surface area contributed by atoms with Gasteiger partial charge >= 0.3 is 0 Å². The number of aliphatic hydroxyl groups excluding tert-OH is 2. The summed E-state index contributed by atoms with van der Waals surface area (Å²) in [6.45, 7) is 18.3. The standard InChI is InChI=1S/2C8H16O2.2C4H10O.Zr/c2*1-3-5-8(10)7(4-2)6-9;2*1-4(2,3)5;/h2*7,9H,3-6H2,1-2H3;2*5H,1-3H3;. The summed E-state index contributed by atoms with van der Waals surface area (Å²) in [5, 5.41) is 34.4. The summed E-state index contributed by atoms with van der Waals surface area (Å²) in [7, 11) is 0. The average molecular weight is 528 g/mol. The molecule has 0 heterocycles. The minimum absolute atomic E-state index is 0. The first-order chi connectivity index (χ1) is 13.5. The summed E-state index contributed by atoms with van der Waals surface area (Å²) in [6.07, 6.45) is 4.51. The molecule has 31 heavy (non-hydrogen) atoms. The molecule has 0 saturated carbocycles. The minimum atomic E-state index is -0.500. The van der Waals surface area contributed by atoms with E-state index >= 15 is 0 Å². The van der Waals surface area contributed by atoms with Crippen molar-refractivity contribution in [3.63, 3.8) is 0 Å². The molecule has 0 fully saturated rings. The van der Waals surface area contributed by atoms with Crippen LogP contribution in [0.1, 0.15) is 108 Å². The minimum Gasteiger partial charge on any atom is -0.396 e. The van der Waals surface area contributed by atoms with Crippen molar-refractivity contribution in [2.24, 2.45) is 11.8 Å². The van der Waals surface area contributed by atoms with E-state index in [4.69, 9.17) is 20.4 Å². The molecule has 0 aliphatic rings. The maximum absolute atomic E-state index is 11.0. The molecule has 0 saturated heterocycles. The van der Waals surface area contributed by atoms with Crippen LogP contribution in [0.15, 0.2) is 0 Å². The summed E-state index contributed by atoms with van der Waals surface area (Å²) in [4.78, 5) is 22.1. The third-order valence-corrected chi connectivity index (χ3v) is 3.33. The molecule has 0 rings (SSSR count). The molecule has 4 N–H and O–H groups in total. The topological polar surface area (TPSA) is 115 Å². The first-order valence-corrected chi connectivity index (χ1v) is 11.2. The second-order valence-corrected chi connectivity index (χ2v) is 9.35. The van der Waals surface area contributed by atoms with Crippen LogP contribution in [0.5, 0.6) is 0 Å². The van der Waals surface area contributed by atoms with Crippen LogP contribution in [-0.4, -0.2) is 56.4 Å². The summed E-state index contributed by atoms with van der Waals surface area (Å²) < 4.78 is 0. The van der Waals surface area contributed by atoms with Crippen LogP contribution < -0.4 is 0 Å². The number of rotatable bonds is 10. The van der Waals surface area contributed by atoms with Gasteiger partial charge in [-0.1, -0.05) is 27.7 Å². The molecule has 2 unspecified atom stereocenters. The van der Waals surface area contributed by atoms with E-state index in [9.17, 15) is 9.59 Å². The van der Waals surface area contributed by atoms with E-state index < -0.39 is 11.2 Å². The van der Waals surface area contributed by atoms with Crippen molar-refractivity contribution in [2.45, 2.75) is 119 Å².